The van der Waals surface area contributed by atoms with E-state index in [1.54, 1.807) is 18.5 Å². The molecule has 7 heteroatoms. The molecule has 0 unspecified atom stereocenters. The van der Waals surface area contributed by atoms with Crippen LogP contribution in [-0.2, 0) is 0 Å². The molecule has 3 aromatic rings. The first-order valence-electron chi connectivity index (χ1n) is 8.69. The van der Waals surface area contributed by atoms with Gasteiger partial charge >= 0.3 is 0 Å². The summed E-state index contributed by atoms with van der Waals surface area (Å²) in [7, 11) is 0. The molecule has 3 heterocycles. The van der Waals surface area contributed by atoms with Gasteiger partial charge < -0.3 is 10.2 Å². The molecule has 1 fully saturated rings. The molecule has 1 saturated heterocycles. The van der Waals surface area contributed by atoms with Crippen LogP contribution in [0, 0.1) is 12.7 Å². The normalized spacial score (nSPS) is 14.6. The number of nitrogens with zero attached hydrogens (tertiary/aromatic N) is 3. The molecule has 5 nitrogen and oxygen atoms in total. The number of carbonyl (C=O) groups excluding carboxylic acids is 1. The monoisotopic (exact) mass is 370 g/mol. The Morgan fingerprint density at radius 1 is 1.15 bits per heavy atom. The largest absolute Gasteiger partial charge is 0.356 e. The molecule has 4 rings (SSSR count). The molecular formula is C19H19FN4OS. The fourth-order valence-electron chi connectivity index (χ4n) is 3.34. The van der Waals surface area contributed by atoms with Gasteiger partial charge in [-0.2, -0.15) is 0 Å². The van der Waals surface area contributed by atoms with E-state index in [0.717, 1.165) is 47.5 Å². The lowest BCUT2D eigenvalue weighted by molar-refractivity contribution is 0.103. The number of fused-ring (bicyclic) bond motifs is 1. The van der Waals surface area contributed by atoms with Crippen molar-refractivity contribution in [1.82, 2.24) is 9.97 Å². The third-order valence-corrected chi connectivity index (χ3v) is 5.87. The number of carbonyl (C=O) groups is 1. The summed E-state index contributed by atoms with van der Waals surface area (Å²) in [6, 6.07) is 5.75. The van der Waals surface area contributed by atoms with Crippen molar-refractivity contribution < 1.29 is 9.18 Å². The average molecular weight is 370 g/mol. The Kier molecular flexibility index (Phi) is 4.55. The number of aromatic nitrogens is 2. The molecule has 1 aliphatic heterocycles. The lowest BCUT2D eigenvalue weighted by Crippen LogP contribution is -2.30. The quantitative estimate of drug-likeness (QED) is 0.743. The summed E-state index contributed by atoms with van der Waals surface area (Å²) in [5, 5.41) is 3.79. The Balaban J connectivity index is 1.68. The third-order valence-electron chi connectivity index (χ3n) is 4.67. The minimum Gasteiger partial charge on any atom is -0.356 e. The third kappa shape index (κ3) is 3.14. The van der Waals surface area contributed by atoms with Gasteiger partial charge in [-0.1, -0.05) is 0 Å². The molecule has 0 atom stereocenters. The molecule has 1 amide bonds. The van der Waals surface area contributed by atoms with Gasteiger partial charge in [0.25, 0.3) is 5.91 Å². The minimum absolute atomic E-state index is 0.207. The maximum Gasteiger partial charge on any atom is 0.266 e. The van der Waals surface area contributed by atoms with Crippen molar-refractivity contribution >= 4 is 39.0 Å². The van der Waals surface area contributed by atoms with Gasteiger partial charge in [0.2, 0.25) is 0 Å². The van der Waals surface area contributed by atoms with Crippen LogP contribution in [0.2, 0.25) is 0 Å². The summed E-state index contributed by atoms with van der Waals surface area (Å²) in [6.07, 6.45) is 5.14. The SMILES string of the molecule is Cc1c(C(=O)Nc2ccc(F)cc2)sc2ncnc(N3CCCCC3)c12. The predicted molar refractivity (Wildman–Crippen MR) is 103 cm³/mol. The van der Waals surface area contributed by atoms with E-state index in [2.05, 4.69) is 20.2 Å². The predicted octanol–water partition coefficient (Wildman–Crippen LogP) is 4.38. The number of anilines is 2. The lowest BCUT2D eigenvalue weighted by atomic mass is 10.1. The summed E-state index contributed by atoms with van der Waals surface area (Å²) in [5.41, 5.74) is 1.46. The molecule has 1 aromatic carbocycles. The summed E-state index contributed by atoms with van der Waals surface area (Å²) in [6.45, 7) is 3.91. The van der Waals surface area contributed by atoms with Crippen LogP contribution in [0.3, 0.4) is 0 Å². The first-order chi connectivity index (χ1) is 12.6. The van der Waals surface area contributed by atoms with Gasteiger partial charge in [0.15, 0.2) is 0 Å². The van der Waals surface area contributed by atoms with E-state index >= 15 is 0 Å². The molecule has 0 bridgehead atoms. The fraction of sp³-hybridized carbons (Fsp3) is 0.316. The second kappa shape index (κ2) is 6.99. The van der Waals surface area contributed by atoms with Gasteiger partial charge in [-0.25, -0.2) is 14.4 Å². The van der Waals surface area contributed by atoms with E-state index in [1.165, 1.54) is 29.9 Å². The first kappa shape index (κ1) is 16.9. The fourth-order valence-corrected chi connectivity index (χ4v) is 4.37. The molecule has 1 aliphatic rings. The summed E-state index contributed by atoms with van der Waals surface area (Å²) >= 11 is 1.37. The number of amides is 1. The highest BCUT2D eigenvalue weighted by molar-refractivity contribution is 7.20. The lowest BCUT2D eigenvalue weighted by Gasteiger charge is -2.28. The van der Waals surface area contributed by atoms with Crippen molar-refractivity contribution in [2.75, 3.05) is 23.3 Å². The van der Waals surface area contributed by atoms with Crippen LogP contribution in [0.4, 0.5) is 15.9 Å². The molecular weight excluding hydrogens is 351 g/mol. The van der Waals surface area contributed by atoms with Gasteiger partial charge in [0.05, 0.1) is 10.3 Å². The van der Waals surface area contributed by atoms with Crippen molar-refractivity contribution in [3.05, 3.63) is 46.9 Å². The standard InChI is InChI=1S/C19H19FN4OS/c1-12-15-17(24-9-3-2-4-10-24)21-11-22-19(15)26-16(12)18(25)23-14-7-5-13(20)6-8-14/h5-8,11H,2-4,9-10H2,1H3,(H,23,25). The van der Waals surface area contributed by atoms with Crippen molar-refractivity contribution in [3.8, 4) is 0 Å². The van der Waals surface area contributed by atoms with E-state index < -0.39 is 0 Å². The topological polar surface area (TPSA) is 58.1 Å². The summed E-state index contributed by atoms with van der Waals surface area (Å²) < 4.78 is 13.0. The molecule has 0 radical (unpaired) electrons. The van der Waals surface area contributed by atoms with Crippen molar-refractivity contribution in [2.45, 2.75) is 26.2 Å². The van der Waals surface area contributed by atoms with Crippen LogP contribution in [-0.4, -0.2) is 29.0 Å². The number of hydrogen-bond donors (Lipinski definition) is 1. The maximum absolute atomic E-state index is 13.0. The van der Waals surface area contributed by atoms with Crippen molar-refractivity contribution in [2.24, 2.45) is 0 Å². The maximum atomic E-state index is 13.0. The Bertz CT molecular complexity index is 948. The Morgan fingerprint density at radius 2 is 1.88 bits per heavy atom. The Morgan fingerprint density at radius 3 is 2.62 bits per heavy atom. The highest BCUT2D eigenvalue weighted by atomic mass is 32.1. The number of hydrogen-bond acceptors (Lipinski definition) is 5. The molecule has 0 spiro atoms. The van der Waals surface area contributed by atoms with Crippen molar-refractivity contribution in [1.29, 1.82) is 0 Å². The minimum atomic E-state index is -0.331. The van der Waals surface area contributed by atoms with Crippen LogP contribution < -0.4 is 10.2 Å². The van der Waals surface area contributed by atoms with Crippen LogP contribution in [0.25, 0.3) is 10.2 Å². The van der Waals surface area contributed by atoms with Crippen LogP contribution in [0.1, 0.15) is 34.5 Å². The number of halogens is 1. The highest BCUT2D eigenvalue weighted by Crippen LogP contribution is 2.36. The van der Waals surface area contributed by atoms with E-state index in [4.69, 9.17) is 0 Å². The van der Waals surface area contributed by atoms with E-state index in [-0.39, 0.29) is 11.7 Å². The number of thiophene rings is 1. The number of nitrogens with one attached hydrogen (secondary N) is 1. The zero-order valence-electron chi connectivity index (χ0n) is 14.5. The van der Waals surface area contributed by atoms with E-state index in [9.17, 15) is 9.18 Å². The molecule has 26 heavy (non-hydrogen) atoms. The van der Waals surface area contributed by atoms with Crippen molar-refractivity contribution in [3.63, 3.8) is 0 Å². The zero-order chi connectivity index (χ0) is 18.1. The number of piperidine rings is 1. The summed E-state index contributed by atoms with van der Waals surface area (Å²) in [4.78, 5) is 25.3. The molecule has 0 saturated carbocycles. The number of rotatable bonds is 3. The molecule has 2 aromatic heterocycles. The van der Waals surface area contributed by atoms with E-state index in [0.29, 0.717) is 10.6 Å². The second-order valence-electron chi connectivity index (χ2n) is 6.44. The Hall–Kier alpha value is -2.54. The van der Waals surface area contributed by atoms with Gasteiger partial charge in [-0.3, -0.25) is 4.79 Å². The number of benzene rings is 1. The van der Waals surface area contributed by atoms with Gasteiger partial charge in [0, 0.05) is 18.8 Å². The molecule has 1 N–H and O–H groups in total. The molecule has 134 valence electrons. The van der Waals surface area contributed by atoms with Crippen LogP contribution in [0.15, 0.2) is 30.6 Å². The van der Waals surface area contributed by atoms with Crippen LogP contribution >= 0.6 is 11.3 Å². The zero-order valence-corrected chi connectivity index (χ0v) is 15.3. The average Bonchev–Trinajstić information content (AvgIpc) is 3.01. The van der Waals surface area contributed by atoms with Gasteiger partial charge in [-0.05, 0) is 56.0 Å². The summed E-state index contributed by atoms with van der Waals surface area (Å²) in [5.74, 6) is 0.383. The van der Waals surface area contributed by atoms with Gasteiger partial charge in [0.1, 0.15) is 22.8 Å². The Labute approximate surface area is 154 Å². The number of aryl methyl sites for hydroxylation is 1. The highest BCUT2D eigenvalue weighted by Gasteiger charge is 2.22. The smallest absolute Gasteiger partial charge is 0.266 e. The second-order valence-corrected chi connectivity index (χ2v) is 7.44. The van der Waals surface area contributed by atoms with Gasteiger partial charge in [-0.15, -0.1) is 11.3 Å². The van der Waals surface area contributed by atoms with E-state index in [1.807, 2.05) is 6.92 Å². The molecule has 0 aliphatic carbocycles. The van der Waals surface area contributed by atoms with Crippen LogP contribution in [0.5, 0.6) is 0 Å². The first-order valence-corrected chi connectivity index (χ1v) is 9.51.